The molecule has 0 amide bonds. The third-order valence-corrected chi connectivity index (χ3v) is 5.43. The van der Waals surface area contributed by atoms with Gasteiger partial charge in [-0.15, -0.1) is 11.3 Å². The Hall–Kier alpha value is -2.05. The zero-order valence-electron chi connectivity index (χ0n) is 13.0. The standard InChI is InChI=1S/C16H12Cl2N4O2S/c1-8-12(7-23)19-2-3-22(8)16-21-11-5-9(17)4-10(14(11)24-16)15-20-6-13(18)25-15/h4-6,8,19H,2-3H2,1H3. The van der Waals surface area contributed by atoms with E-state index >= 15 is 0 Å². The molecule has 2 aromatic heterocycles. The Bertz CT molecular complexity index is 1010. The van der Waals surface area contributed by atoms with Crippen LogP contribution in [-0.2, 0) is 4.79 Å². The van der Waals surface area contributed by atoms with Gasteiger partial charge in [0.25, 0.3) is 6.01 Å². The van der Waals surface area contributed by atoms with Gasteiger partial charge in [0.2, 0.25) is 0 Å². The van der Waals surface area contributed by atoms with Crippen molar-refractivity contribution in [2.45, 2.75) is 13.0 Å². The molecule has 0 saturated carbocycles. The van der Waals surface area contributed by atoms with Crippen molar-refractivity contribution >= 4 is 57.6 Å². The zero-order chi connectivity index (χ0) is 17.6. The van der Waals surface area contributed by atoms with Crippen LogP contribution in [0.3, 0.4) is 0 Å². The lowest BCUT2D eigenvalue weighted by Gasteiger charge is -2.33. The number of benzene rings is 1. The van der Waals surface area contributed by atoms with E-state index < -0.39 is 0 Å². The summed E-state index contributed by atoms with van der Waals surface area (Å²) in [4.78, 5) is 21.8. The Morgan fingerprint density at radius 3 is 3.00 bits per heavy atom. The molecule has 128 valence electrons. The highest BCUT2D eigenvalue weighted by atomic mass is 35.5. The number of fused-ring (bicyclic) bond motifs is 1. The molecular weight excluding hydrogens is 383 g/mol. The van der Waals surface area contributed by atoms with Crippen LogP contribution in [0, 0.1) is 0 Å². The highest BCUT2D eigenvalue weighted by Gasteiger charge is 2.28. The van der Waals surface area contributed by atoms with Crippen LogP contribution >= 0.6 is 34.5 Å². The molecule has 1 saturated heterocycles. The monoisotopic (exact) mass is 394 g/mol. The van der Waals surface area contributed by atoms with Gasteiger partial charge in [0, 0.05) is 18.1 Å². The summed E-state index contributed by atoms with van der Waals surface area (Å²) in [5, 5.41) is 4.29. The van der Waals surface area contributed by atoms with Crippen molar-refractivity contribution in [2.24, 2.45) is 0 Å². The Kier molecular flexibility index (Phi) is 4.17. The molecule has 3 heterocycles. The van der Waals surface area contributed by atoms with Crippen LogP contribution in [0.1, 0.15) is 6.92 Å². The Morgan fingerprint density at radius 1 is 1.44 bits per heavy atom. The number of rotatable bonds is 2. The van der Waals surface area contributed by atoms with Crippen LogP contribution in [0.2, 0.25) is 9.36 Å². The quantitative estimate of drug-likeness (QED) is 0.666. The third-order valence-electron chi connectivity index (χ3n) is 4.06. The van der Waals surface area contributed by atoms with Crippen molar-refractivity contribution in [3.63, 3.8) is 0 Å². The topological polar surface area (TPSA) is 71.3 Å². The lowest BCUT2D eigenvalue weighted by Crippen LogP contribution is -2.48. The first-order valence-corrected chi connectivity index (χ1v) is 9.11. The van der Waals surface area contributed by atoms with Gasteiger partial charge in [-0.25, -0.2) is 9.78 Å². The number of nitrogens with zero attached hydrogens (tertiary/aromatic N) is 3. The number of halogens is 2. The van der Waals surface area contributed by atoms with Crippen LogP contribution in [0.4, 0.5) is 6.01 Å². The Balaban J connectivity index is 1.84. The summed E-state index contributed by atoms with van der Waals surface area (Å²) in [7, 11) is 0. The third kappa shape index (κ3) is 2.89. The van der Waals surface area contributed by atoms with Crippen molar-refractivity contribution in [2.75, 3.05) is 18.0 Å². The largest absolute Gasteiger partial charge is 0.423 e. The summed E-state index contributed by atoms with van der Waals surface area (Å²) in [6.45, 7) is 3.17. The van der Waals surface area contributed by atoms with Gasteiger partial charge in [-0.05, 0) is 19.1 Å². The van der Waals surface area contributed by atoms with Crippen LogP contribution in [0.25, 0.3) is 21.7 Å². The van der Waals surface area contributed by atoms with Crippen LogP contribution in [0.5, 0.6) is 0 Å². The molecule has 9 heteroatoms. The summed E-state index contributed by atoms with van der Waals surface area (Å²) in [5.41, 5.74) is 2.45. The molecule has 25 heavy (non-hydrogen) atoms. The predicted octanol–water partition coefficient (Wildman–Crippen LogP) is 3.77. The van der Waals surface area contributed by atoms with Gasteiger partial charge in [-0.2, -0.15) is 4.98 Å². The number of hydrogen-bond acceptors (Lipinski definition) is 7. The molecule has 1 unspecified atom stereocenters. The highest BCUT2D eigenvalue weighted by molar-refractivity contribution is 7.19. The molecule has 4 rings (SSSR count). The van der Waals surface area contributed by atoms with Crippen LogP contribution in [-0.4, -0.2) is 35.0 Å². The average Bonchev–Trinajstić information content (AvgIpc) is 3.20. The minimum absolute atomic E-state index is 0.201. The minimum Gasteiger partial charge on any atom is -0.423 e. The summed E-state index contributed by atoms with van der Waals surface area (Å²) >= 11 is 13.6. The first-order valence-electron chi connectivity index (χ1n) is 7.54. The smallest absolute Gasteiger partial charge is 0.299 e. The van der Waals surface area contributed by atoms with Crippen molar-refractivity contribution < 1.29 is 9.21 Å². The van der Waals surface area contributed by atoms with E-state index in [9.17, 15) is 4.79 Å². The van der Waals surface area contributed by atoms with Gasteiger partial charge in [-0.3, -0.25) is 0 Å². The summed E-state index contributed by atoms with van der Waals surface area (Å²) in [5.74, 6) is 1.94. The van der Waals surface area contributed by atoms with Gasteiger partial charge in [0.1, 0.15) is 26.5 Å². The minimum atomic E-state index is -0.201. The fourth-order valence-corrected chi connectivity index (χ4v) is 3.98. The second kappa shape index (κ2) is 6.35. The van der Waals surface area contributed by atoms with Gasteiger partial charge < -0.3 is 14.6 Å². The first-order chi connectivity index (χ1) is 12.1. The van der Waals surface area contributed by atoms with Crippen molar-refractivity contribution in [1.82, 2.24) is 15.3 Å². The Labute approximate surface area is 157 Å². The fourth-order valence-electron chi connectivity index (χ4n) is 2.84. The summed E-state index contributed by atoms with van der Waals surface area (Å²) < 4.78 is 6.61. The molecule has 1 N–H and O–H groups in total. The van der Waals surface area contributed by atoms with Gasteiger partial charge in [-0.1, -0.05) is 23.2 Å². The Morgan fingerprint density at radius 2 is 2.28 bits per heavy atom. The number of aromatic nitrogens is 2. The second-order valence-electron chi connectivity index (χ2n) is 5.58. The van der Waals surface area contributed by atoms with E-state index in [1.807, 2.05) is 17.8 Å². The van der Waals surface area contributed by atoms with Crippen molar-refractivity contribution in [1.29, 1.82) is 0 Å². The molecule has 1 atom stereocenters. The van der Waals surface area contributed by atoms with Crippen LogP contribution < -0.4 is 10.2 Å². The number of piperazine rings is 1. The number of carbonyl (C=O) groups excluding carboxylic acids is 1. The molecule has 1 aliphatic heterocycles. The molecular formula is C16H12Cl2N4O2S. The van der Waals surface area contributed by atoms with Crippen molar-refractivity contribution in [3.8, 4) is 10.6 Å². The molecule has 6 nitrogen and oxygen atoms in total. The van der Waals surface area contributed by atoms with Gasteiger partial charge in [0.15, 0.2) is 5.58 Å². The zero-order valence-corrected chi connectivity index (χ0v) is 15.4. The maximum atomic E-state index is 11.1. The summed E-state index contributed by atoms with van der Waals surface area (Å²) in [6.07, 6.45) is 1.59. The summed E-state index contributed by atoms with van der Waals surface area (Å²) in [6, 6.07) is 3.76. The van der Waals surface area contributed by atoms with E-state index in [0.29, 0.717) is 50.3 Å². The van der Waals surface area contributed by atoms with E-state index in [1.165, 1.54) is 11.3 Å². The first kappa shape index (κ1) is 16.4. The lowest BCUT2D eigenvalue weighted by molar-refractivity contribution is 0.496. The fraction of sp³-hybridized carbons (Fsp3) is 0.250. The van der Waals surface area contributed by atoms with E-state index in [-0.39, 0.29) is 6.04 Å². The number of hydrogen-bond donors (Lipinski definition) is 1. The van der Waals surface area contributed by atoms with E-state index in [1.54, 1.807) is 18.3 Å². The van der Waals surface area contributed by atoms with Crippen LogP contribution in [0.15, 0.2) is 28.4 Å². The van der Waals surface area contributed by atoms with E-state index in [0.717, 1.165) is 5.56 Å². The molecule has 1 aliphatic rings. The molecule has 0 radical (unpaired) electrons. The van der Waals surface area contributed by atoms with Crippen molar-refractivity contribution in [3.05, 3.63) is 33.4 Å². The van der Waals surface area contributed by atoms with Gasteiger partial charge >= 0.3 is 0 Å². The molecule has 0 bridgehead atoms. The molecule has 1 aromatic carbocycles. The maximum Gasteiger partial charge on any atom is 0.299 e. The predicted molar refractivity (Wildman–Crippen MR) is 99.2 cm³/mol. The lowest BCUT2D eigenvalue weighted by atomic mass is 10.2. The molecule has 1 fully saturated rings. The number of nitrogens with one attached hydrogen (secondary N) is 1. The average molecular weight is 395 g/mol. The normalized spacial score (nSPS) is 17.6. The van der Waals surface area contributed by atoms with E-state index in [4.69, 9.17) is 27.6 Å². The molecule has 0 aliphatic carbocycles. The molecule has 3 aromatic rings. The number of oxazole rings is 1. The SMILES string of the molecule is CC1C(=C=O)NCCN1c1nc2cc(Cl)cc(-c3ncc(Cl)s3)c2o1. The molecule has 0 spiro atoms. The number of anilines is 1. The maximum absolute atomic E-state index is 11.1. The van der Waals surface area contributed by atoms with E-state index in [2.05, 4.69) is 15.3 Å². The second-order valence-corrected chi connectivity index (χ2v) is 7.68. The van der Waals surface area contributed by atoms with Gasteiger partial charge in [0.05, 0.1) is 17.8 Å². The highest BCUT2D eigenvalue weighted by Crippen LogP contribution is 2.37. The number of thiazole rings is 1.